The Labute approximate surface area is 197 Å². The van der Waals surface area contributed by atoms with Crippen LogP contribution in [0.1, 0.15) is 44.9 Å². The second-order valence-electron chi connectivity index (χ2n) is 9.83. The van der Waals surface area contributed by atoms with E-state index in [1.807, 2.05) is 0 Å². The molecule has 5 unspecified atom stereocenters. The summed E-state index contributed by atoms with van der Waals surface area (Å²) >= 11 is 6.16. The predicted molar refractivity (Wildman–Crippen MR) is 121 cm³/mol. The van der Waals surface area contributed by atoms with Crippen LogP contribution < -0.4 is 10.2 Å². The summed E-state index contributed by atoms with van der Waals surface area (Å²) < 4.78 is 33.7. The van der Waals surface area contributed by atoms with Crippen LogP contribution in [-0.4, -0.2) is 60.6 Å². The summed E-state index contributed by atoms with van der Waals surface area (Å²) in [6.45, 7) is 0.425. The minimum absolute atomic E-state index is 0.0124. The van der Waals surface area contributed by atoms with E-state index in [9.17, 15) is 18.4 Å². The quantitative estimate of drug-likeness (QED) is 0.692. The molecule has 2 saturated heterocycles. The largest absolute Gasteiger partial charge is 0.380 e. The average molecular weight is 482 g/mol. The van der Waals surface area contributed by atoms with Gasteiger partial charge in [0.25, 0.3) is 0 Å². The number of carbonyl (C=O) groups excluding carboxylic acids is 2. The molecule has 2 aliphatic heterocycles. The topological polar surface area (TPSA) is 61.9 Å². The summed E-state index contributed by atoms with van der Waals surface area (Å²) in [6.07, 6.45) is 2.74. The number of hydrogen-bond acceptors (Lipinski definition) is 4. The molecule has 0 spiro atoms. The van der Waals surface area contributed by atoms with Crippen LogP contribution >= 0.6 is 11.6 Å². The molecule has 4 fully saturated rings. The maximum atomic E-state index is 14.0. The lowest BCUT2D eigenvalue weighted by Crippen LogP contribution is -2.74. The number of imide groups is 1. The Morgan fingerprint density at radius 2 is 1.91 bits per heavy atom. The summed E-state index contributed by atoms with van der Waals surface area (Å²) in [5.41, 5.74) is 0.419. The number of halogens is 3. The van der Waals surface area contributed by atoms with Crippen LogP contribution in [0.2, 0.25) is 5.02 Å². The van der Waals surface area contributed by atoms with Gasteiger partial charge < -0.3 is 15.0 Å². The molecule has 1 N–H and O–H groups in total. The van der Waals surface area contributed by atoms with Crippen molar-refractivity contribution in [3.63, 3.8) is 0 Å². The number of hydrogen-bond donors (Lipinski definition) is 1. The Balaban J connectivity index is 1.54. The Morgan fingerprint density at radius 3 is 2.61 bits per heavy atom. The molecule has 2 aliphatic carbocycles. The Morgan fingerprint density at radius 1 is 1.15 bits per heavy atom. The van der Waals surface area contributed by atoms with Crippen LogP contribution in [0.3, 0.4) is 0 Å². The molecule has 1 aromatic rings. The van der Waals surface area contributed by atoms with Gasteiger partial charge in [-0.3, -0.25) is 4.79 Å². The smallest absolute Gasteiger partial charge is 0.331 e. The van der Waals surface area contributed by atoms with E-state index in [2.05, 4.69) is 5.32 Å². The van der Waals surface area contributed by atoms with E-state index in [1.54, 1.807) is 36.3 Å². The molecule has 2 saturated carbocycles. The maximum Gasteiger partial charge on any atom is 0.331 e. The molecule has 0 bridgehead atoms. The molecular formula is C24H30ClF2N3O3. The van der Waals surface area contributed by atoms with Crippen molar-refractivity contribution < 1.29 is 23.1 Å². The Kier molecular flexibility index (Phi) is 6.12. The maximum absolute atomic E-state index is 14.0. The SMILES string of the molecule is COC1CCCC2C1NCC1C(=O)N(c3cccc(Cl)c3)C(=O)N(C3CCC(F)(F)CC3)C12. The van der Waals surface area contributed by atoms with E-state index >= 15 is 0 Å². The predicted octanol–water partition coefficient (Wildman–Crippen LogP) is 4.46. The van der Waals surface area contributed by atoms with Crippen molar-refractivity contribution in [2.45, 2.75) is 75.1 Å². The normalized spacial score (nSPS) is 34.7. The fraction of sp³-hybridized carbons (Fsp3) is 0.667. The Hall–Kier alpha value is -1.77. The zero-order chi connectivity index (χ0) is 23.3. The lowest BCUT2D eigenvalue weighted by molar-refractivity contribution is -0.133. The summed E-state index contributed by atoms with van der Waals surface area (Å²) in [7, 11) is 1.69. The molecule has 1 aromatic carbocycles. The van der Waals surface area contributed by atoms with Crippen LogP contribution in [0.25, 0.3) is 0 Å². The van der Waals surface area contributed by atoms with Crippen LogP contribution in [-0.2, 0) is 9.53 Å². The highest BCUT2D eigenvalue weighted by Crippen LogP contribution is 2.45. The number of anilines is 1. The first-order valence-corrected chi connectivity index (χ1v) is 12.2. The van der Waals surface area contributed by atoms with Gasteiger partial charge in [0.2, 0.25) is 11.8 Å². The molecular weight excluding hydrogens is 452 g/mol. The van der Waals surface area contributed by atoms with Gasteiger partial charge >= 0.3 is 6.03 Å². The lowest BCUT2D eigenvalue weighted by atomic mass is 9.69. The highest BCUT2D eigenvalue weighted by Gasteiger charge is 2.57. The fourth-order valence-corrected chi connectivity index (χ4v) is 6.68. The number of piperidine rings is 1. The number of benzene rings is 1. The third-order valence-corrected chi connectivity index (χ3v) is 8.27. The van der Waals surface area contributed by atoms with Crippen LogP contribution in [0, 0.1) is 11.8 Å². The minimum Gasteiger partial charge on any atom is -0.380 e. The molecule has 2 heterocycles. The number of amides is 3. The van der Waals surface area contributed by atoms with Crippen molar-refractivity contribution in [2.24, 2.45) is 11.8 Å². The van der Waals surface area contributed by atoms with E-state index in [4.69, 9.17) is 16.3 Å². The van der Waals surface area contributed by atoms with Crippen molar-refractivity contribution in [1.82, 2.24) is 10.2 Å². The van der Waals surface area contributed by atoms with E-state index in [0.29, 0.717) is 17.3 Å². The van der Waals surface area contributed by atoms with Crippen molar-refractivity contribution in [2.75, 3.05) is 18.6 Å². The molecule has 3 amide bonds. The fourth-order valence-electron chi connectivity index (χ4n) is 6.49. The molecule has 6 nitrogen and oxygen atoms in total. The van der Waals surface area contributed by atoms with Gasteiger partial charge in [0.05, 0.1) is 23.8 Å². The van der Waals surface area contributed by atoms with E-state index < -0.39 is 17.9 Å². The number of alkyl halides is 2. The second kappa shape index (κ2) is 8.78. The van der Waals surface area contributed by atoms with Gasteiger partial charge in [-0.1, -0.05) is 24.1 Å². The summed E-state index contributed by atoms with van der Waals surface area (Å²) in [5.74, 6) is -3.35. The molecule has 180 valence electrons. The summed E-state index contributed by atoms with van der Waals surface area (Å²) in [6, 6.07) is 5.67. The molecule has 5 rings (SSSR count). The number of rotatable bonds is 3. The third-order valence-electron chi connectivity index (χ3n) is 8.03. The van der Waals surface area contributed by atoms with E-state index in [0.717, 1.165) is 19.3 Å². The third kappa shape index (κ3) is 4.04. The highest BCUT2D eigenvalue weighted by atomic mass is 35.5. The van der Waals surface area contributed by atoms with Gasteiger partial charge in [-0.25, -0.2) is 18.5 Å². The van der Waals surface area contributed by atoms with Gasteiger partial charge in [0.1, 0.15) is 0 Å². The molecule has 5 atom stereocenters. The van der Waals surface area contributed by atoms with Crippen LogP contribution in [0.5, 0.6) is 0 Å². The van der Waals surface area contributed by atoms with Crippen molar-refractivity contribution in [3.05, 3.63) is 29.3 Å². The van der Waals surface area contributed by atoms with Crippen molar-refractivity contribution in [1.29, 1.82) is 0 Å². The summed E-state index contributed by atoms with van der Waals surface area (Å²) in [5, 5.41) is 3.96. The van der Waals surface area contributed by atoms with Gasteiger partial charge in [-0.05, 0) is 49.8 Å². The average Bonchev–Trinajstić information content (AvgIpc) is 2.79. The number of carbonyl (C=O) groups is 2. The Bertz CT molecular complexity index is 922. The monoisotopic (exact) mass is 481 g/mol. The number of urea groups is 1. The highest BCUT2D eigenvalue weighted by molar-refractivity contribution is 6.31. The van der Waals surface area contributed by atoms with E-state index in [-0.39, 0.29) is 61.7 Å². The van der Waals surface area contributed by atoms with Crippen LogP contribution in [0.4, 0.5) is 19.3 Å². The van der Waals surface area contributed by atoms with Crippen molar-refractivity contribution >= 4 is 29.2 Å². The second-order valence-corrected chi connectivity index (χ2v) is 10.3. The number of nitrogens with zero attached hydrogens (tertiary/aromatic N) is 2. The van der Waals surface area contributed by atoms with Gasteiger partial charge in [-0.2, -0.15) is 0 Å². The molecule has 0 radical (unpaired) electrons. The number of ether oxygens (including phenoxy) is 1. The number of nitrogens with one attached hydrogen (secondary N) is 1. The number of methoxy groups -OCH3 is 1. The molecule has 0 aromatic heterocycles. The first-order chi connectivity index (χ1) is 15.8. The number of fused-ring (bicyclic) bond motifs is 3. The first-order valence-electron chi connectivity index (χ1n) is 11.9. The van der Waals surface area contributed by atoms with Gasteiger partial charge in [0.15, 0.2) is 0 Å². The zero-order valence-corrected chi connectivity index (χ0v) is 19.4. The van der Waals surface area contributed by atoms with Crippen LogP contribution in [0.15, 0.2) is 24.3 Å². The van der Waals surface area contributed by atoms with Gasteiger partial charge in [0, 0.05) is 43.6 Å². The van der Waals surface area contributed by atoms with Gasteiger partial charge in [-0.15, -0.1) is 0 Å². The molecule has 33 heavy (non-hydrogen) atoms. The zero-order valence-electron chi connectivity index (χ0n) is 18.7. The molecule has 9 heteroatoms. The molecule has 4 aliphatic rings. The lowest BCUT2D eigenvalue weighted by Gasteiger charge is -2.57. The van der Waals surface area contributed by atoms with E-state index in [1.165, 1.54) is 4.90 Å². The summed E-state index contributed by atoms with van der Waals surface area (Å²) in [4.78, 5) is 30.6. The van der Waals surface area contributed by atoms with Crippen molar-refractivity contribution in [3.8, 4) is 0 Å². The standard InChI is InChI=1S/C24H30ClF2N3O3/c1-33-19-7-3-6-17-20(19)28-13-18-21(17)29(15-8-10-24(26,27)11-9-15)23(32)30(22(18)31)16-5-2-4-14(25)12-16/h2,4-5,12,15,17-21,28H,3,6-11,13H2,1H3. The minimum atomic E-state index is -2.69. The first kappa shape index (κ1) is 23.0.